The first kappa shape index (κ1) is 30.7. The van der Waals surface area contributed by atoms with Crippen LogP contribution in [0.3, 0.4) is 0 Å². The molecule has 8 nitrogen and oxygen atoms in total. The number of para-hydroxylation sites is 1. The number of ether oxygens (including phenoxy) is 4. The molecule has 0 atom stereocenters. The van der Waals surface area contributed by atoms with Crippen LogP contribution >= 0.6 is 0 Å². The maximum Gasteiger partial charge on any atom is 0.320 e. The van der Waals surface area contributed by atoms with E-state index in [1.165, 1.54) is 16.7 Å². The van der Waals surface area contributed by atoms with Crippen LogP contribution in [0.1, 0.15) is 35.1 Å². The predicted molar refractivity (Wildman–Crippen MR) is 155 cm³/mol. The molecule has 2 amide bonds. The van der Waals surface area contributed by atoms with Crippen LogP contribution in [0, 0.1) is 13.8 Å². The summed E-state index contributed by atoms with van der Waals surface area (Å²) in [4.78, 5) is 20.4. The number of amides is 2. The summed E-state index contributed by atoms with van der Waals surface area (Å²) in [6.45, 7) is 9.79. The van der Waals surface area contributed by atoms with Crippen molar-refractivity contribution in [1.29, 1.82) is 0 Å². The van der Waals surface area contributed by atoms with Gasteiger partial charge in [-0.1, -0.05) is 24.3 Å². The number of urea groups is 1. The highest BCUT2D eigenvalue weighted by Crippen LogP contribution is 2.26. The fraction of sp³-hybridized carbons (Fsp3) is 0.581. The first-order chi connectivity index (χ1) is 18.9. The third kappa shape index (κ3) is 8.34. The molecular formula is C31H47N3O5. The highest BCUT2D eigenvalue weighted by Gasteiger charge is 2.31. The van der Waals surface area contributed by atoms with Crippen molar-refractivity contribution in [1.82, 2.24) is 14.7 Å². The third-order valence-corrected chi connectivity index (χ3v) is 7.94. The first-order valence-corrected chi connectivity index (χ1v) is 13.9. The van der Waals surface area contributed by atoms with Crippen molar-refractivity contribution in [2.24, 2.45) is 0 Å². The minimum Gasteiger partial charge on any atom is -0.496 e. The lowest BCUT2D eigenvalue weighted by atomic mass is 9.98. The smallest absolute Gasteiger partial charge is 0.320 e. The second-order valence-electron chi connectivity index (χ2n) is 10.2. The predicted octanol–water partition coefficient (Wildman–Crippen LogP) is 4.54. The van der Waals surface area contributed by atoms with E-state index in [1.54, 1.807) is 28.4 Å². The van der Waals surface area contributed by atoms with E-state index in [0.717, 1.165) is 56.0 Å². The largest absolute Gasteiger partial charge is 0.496 e. The molecule has 1 fully saturated rings. The van der Waals surface area contributed by atoms with Crippen LogP contribution in [0.5, 0.6) is 11.5 Å². The van der Waals surface area contributed by atoms with Gasteiger partial charge in [0.1, 0.15) is 11.5 Å². The van der Waals surface area contributed by atoms with Gasteiger partial charge in [-0.05, 0) is 61.9 Å². The Morgan fingerprint density at radius 2 is 1.51 bits per heavy atom. The second kappa shape index (κ2) is 15.7. The molecule has 39 heavy (non-hydrogen) atoms. The van der Waals surface area contributed by atoms with Crippen molar-refractivity contribution in [2.45, 2.75) is 45.7 Å². The molecule has 0 bridgehead atoms. The average Bonchev–Trinajstić information content (AvgIpc) is 2.97. The summed E-state index contributed by atoms with van der Waals surface area (Å²) in [5, 5.41) is 0. The highest BCUT2D eigenvalue weighted by molar-refractivity contribution is 5.75. The second-order valence-corrected chi connectivity index (χ2v) is 10.2. The molecule has 0 saturated carbocycles. The molecule has 2 aromatic carbocycles. The SMILES string of the molecule is COCCN(Cc1ccccc1OC)C(=O)N(CCOC)C1CCN(CCc2ccc(OC)c(C)c2C)CC1. The van der Waals surface area contributed by atoms with E-state index < -0.39 is 0 Å². The zero-order chi connectivity index (χ0) is 28.2. The van der Waals surface area contributed by atoms with E-state index in [9.17, 15) is 4.79 Å². The van der Waals surface area contributed by atoms with Gasteiger partial charge in [-0.2, -0.15) is 0 Å². The lowest BCUT2D eigenvalue weighted by molar-refractivity contribution is 0.0698. The Morgan fingerprint density at radius 1 is 0.846 bits per heavy atom. The zero-order valence-electron chi connectivity index (χ0n) is 24.7. The van der Waals surface area contributed by atoms with Crippen LogP contribution < -0.4 is 9.47 Å². The van der Waals surface area contributed by atoms with E-state index in [4.69, 9.17) is 18.9 Å². The molecule has 1 aliphatic heterocycles. The molecule has 8 heteroatoms. The number of hydrogen-bond donors (Lipinski definition) is 0. The summed E-state index contributed by atoms with van der Waals surface area (Å²) in [7, 11) is 6.74. The molecule has 0 spiro atoms. The van der Waals surface area contributed by atoms with Gasteiger partial charge in [0.2, 0.25) is 0 Å². The monoisotopic (exact) mass is 541 g/mol. The van der Waals surface area contributed by atoms with E-state index in [0.29, 0.717) is 32.8 Å². The molecular weight excluding hydrogens is 494 g/mol. The Bertz CT molecular complexity index is 1040. The number of hydrogen-bond acceptors (Lipinski definition) is 6. The van der Waals surface area contributed by atoms with Crippen molar-refractivity contribution < 1.29 is 23.7 Å². The van der Waals surface area contributed by atoms with Gasteiger partial charge < -0.3 is 33.6 Å². The maximum atomic E-state index is 13.9. The molecule has 0 aromatic heterocycles. The average molecular weight is 542 g/mol. The number of carbonyl (C=O) groups excluding carboxylic acids is 1. The number of nitrogens with zero attached hydrogens (tertiary/aromatic N) is 3. The number of carbonyl (C=O) groups is 1. The molecule has 216 valence electrons. The van der Waals surface area contributed by atoms with E-state index in [1.807, 2.05) is 34.1 Å². The molecule has 0 aliphatic carbocycles. The van der Waals surface area contributed by atoms with Gasteiger partial charge in [0.05, 0.1) is 34.0 Å². The normalized spacial score (nSPS) is 14.3. The van der Waals surface area contributed by atoms with Gasteiger partial charge in [-0.25, -0.2) is 4.79 Å². The number of piperidine rings is 1. The summed E-state index contributed by atoms with van der Waals surface area (Å²) in [6, 6.07) is 12.3. The lowest BCUT2D eigenvalue weighted by Crippen LogP contribution is -2.53. The molecule has 0 N–H and O–H groups in total. The maximum absolute atomic E-state index is 13.9. The van der Waals surface area contributed by atoms with Crippen LogP contribution in [0.25, 0.3) is 0 Å². The minimum absolute atomic E-state index is 0.0257. The summed E-state index contributed by atoms with van der Waals surface area (Å²) in [6.07, 6.45) is 2.91. The van der Waals surface area contributed by atoms with Crippen molar-refractivity contribution in [2.75, 3.05) is 74.4 Å². The number of methoxy groups -OCH3 is 4. The summed E-state index contributed by atoms with van der Waals surface area (Å²) >= 11 is 0. The summed E-state index contributed by atoms with van der Waals surface area (Å²) in [5.41, 5.74) is 4.88. The highest BCUT2D eigenvalue weighted by atomic mass is 16.5. The van der Waals surface area contributed by atoms with Crippen LogP contribution in [0.4, 0.5) is 4.79 Å². The summed E-state index contributed by atoms with van der Waals surface area (Å²) in [5.74, 6) is 1.73. The van der Waals surface area contributed by atoms with E-state index in [-0.39, 0.29) is 12.1 Å². The first-order valence-electron chi connectivity index (χ1n) is 13.9. The van der Waals surface area contributed by atoms with Crippen LogP contribution in [0.2, 0.25) is 0 Å². The molecule has 1 heterocycles. The Morgan fingerprint density at radius 3 is 2.18 bits per heavy atom. The molecule has 1 saturated heterocycles. The number of rotatable bonds is 14. The Hall–Kier alpha value is -2.81. The lowest BCUT2D eigenvalue weighted by Gasteiger charge is -2.40. The standard InChI is InChI=1S/C31H47N3O5/c1-24-25(2)29(38-5)12-11-26(24)13-16-32-17-14-28(15-18-32)34(20-22-37-4)31(35)33(19-21-36-3)23-27-9-7-8-10-30(27)39-6/h7-12,28H,13-23H2,1-6H3. The Balaban J connectivity index is 1.65. The number of likely N-dealkylation sites (tertiary alicyclic amines) is 1. The van der Waals surface area contributed by atoms with Gasteiger partial charge in [0.25, 0.3) is 0 Å². The minimum atomic E-state index is 0.0257. The van der Waals surface area contributed by atoms with Gasteiger partial charge in [-0.15, -0.1) is 0 Å². The van der Waals surface area contributed by atoms with Crippen molar-refractivity contribution >= 4 is 6.03 Å². The Kier molecular flexibility index (Phi) is 12.4. The van der Waals surface area contributed by atoms with Gasteiger partial charge in [0, 0.05) is 58.5 Å². The third-order valence-electron chi connectivity index (χ3n) is 7.94. The zero-order valence-corrected chi connectivity index (χ0v) is 24.7. The molecule has 0 unspecified atom stereocenters. The van der Waals surface area contributed by atoms with Crippen molar-refractivity contribution in [3.05, 3.63) is 58.7 Å². The topological polar surface area (TPSA) is 63.7 Å². The fourth-order valence-corrected chi connectivity index (χ4v) is 5.37. The molecule has 0 radical (unpaired) electrons. The van der Waals surface area contributed by atoms with Gasteiger partial charge in [0.15, 0.2) is 0 Å². The van der Waals surface area contributed by atoms with Crippen molar-refractivity contribution in [3.8, 4) is 11.5 Å². The quantitative estimate of drug-likeness (QED) is 0.350. The van der Waals surface area contributed by atoms with Crippen LogP contribution in [-0.2, 0) is 22.4 Å². The molecule has 2 aromatic rings. The Labute approximate surface area is 234 Å². The molecule has 1 aliphatic rings. The van der Waals surface area contributed by atoms with E-state index in [2.05, 4.69) is 30.9 Å². The van der Waals surface area contributed by atoms with Gasteiger partial charge >= 0.3 is 6.03 Å². The van der Waals surface area contributed by atoms with E-state index >= 15 is 0 Å². The fourth-order valence-electron chi connectivity index (χ4n) is 5.37. The summed E-state index contributed by atoms with van der Waals surface area (Å²) < 4.78 is 21.8. The van der Waals surface area contributed by atoms with Crippen molar-refractivity contribution in [3.63, 3.8) is 0 Å². The molecule has 3 rings (SSSR count). The van der Waals surface area contributed by atoms with Gasteiger partial charge in [-0.3, -0.25) is 0 Å². The number of benzene rings is 2. The van der Waals surface area contributed by atoms with Crippen LogP contribution in [-0.4, -0.2) is 101 Å². The van der Waals surface area contributed by atoms with Crippen LogP contribution in [0.15, 0.2) is 36.4 Å².